The van der Waals surface area contributed by atoms with Crippen LogP contribution in [0.15, 0.2) is 53.4 Å². The molecule has 2 aromatic rings. The van der Waals surface area contributed by atoms with Gasteiger partial charge in [0.2, 0.25) is 0 Å². The second kappa shape index (κ2) is 8.79. The van der Waals surface area contributed by atoms with Gasteiger partial charge in [0, 0.05) is 36.6 Å². The molecule has 2 heterocycles. The summed E-state index contributed by atoms with van der Waals surface area (Å²) in [6, 6.07) is 12.3. The molecular weight excluding hydrogens is 434 g/mol. The largest absolute Gasteiger partial charge is 0.487 e. The SMILES string of the molecule is CS(=O)(=O)c1cccc(C(=O)NNC(=O)NC2CC3(CCOCC3)Oc3ccccc32)c1. The number of ether oxygens (including phenoxy) is 2. The molecule has 0 saturated carbocycles. The lowest BCUT2D eigenvalue weighted by atomic mass is 9.82. The Morgan fingerprint density at radius 3 is 2.53 bits per heavy atom. The number of hydrazine groups is 1. The van der Waals surface area contributed by atoms with Gasteiger partial charge < -0.3 is 14.8 Å². The molecule has 0 aromatic heterocycles. The van der Waals surface area contributed by atoms with Crippen molar-refractivity contribution < 1.29 is 27.5 Å². The van der Waals surface area contributed by atoms with Crippen molar-refractivity contribution in [3.05, 3.63) is 59.7 Å². The number of nitrogens with one attached hydrogen (secondary N) is 3. The minimum atomic E-state index is -3.45. The molecule has 2 aliphatic heterocycles. The Labute approximate surface area is 186 Å². The molecule has 0 bridgehead atoms. The first-order valence-corrected chi connectivity index (χ1v) is 12.2. The minimum absolute atomic E-state index is 0.0233. The number of benzene rings is 2. The van der Waals surface area contributed by atoms with Gasteiger partial charge in [0.1, 0.15) is 11.4 Å². The number of fused-ring (bicyclic) bond motifs is 1. The molecule has 2 aliphatic rings. The lowest BCUT2D eigenvalue weighted by Crippen LogP contribution is -2.52. The van der Waals surface area contributed by atoms with Crippen molar-refractivity contribution in [3.63, 3.8) is 0 Å². The van der Waals surface area contributed by atoms with Gasteiger partial charge in [-0.05, 0) is 24.3 Å². The van der Waals surface area contributed by atoms with Crippen molar-refractivity contribution in [3.8, 4) is 5.75 Å². The first-order chi connectivity index (χ1) is 15.3. The molecule has 2 aromatic carbocycles. The van der Waals surface area contributed by atoms with Gasteiger partial charge in [0.25, 0.3) is 5.91 Å². The number of urea groups is 1. The molecule has 1 fully saturated rings. The standard InChI is InChI=1S/C22H25N3O6S/c1-32(28,29)16-6-4-5-15(13-16)20(26)24-25-21(27)23-18-14-22(9-11-30-12-10-22)31-19-8-3-2-7-17(18)19/h2-8,13,18H,9-12,14H2,1H3,(H,24,26)(H2,23,25,27). The Morgan fingerprint density at radius 1 is 1.03 bits per heavy atom. The number of carbonyl (C=O) groups is 2. The fourth-order valence-corrected chi connectivity index (χ4v) is 4.71. The highest BCUT2D eigenvalue weighted by Gasteiger charge is 2.42. The average Bonchev–Trinajstić information content (AvgIpc) is 2.77. The number of carbonyl (C=O) groups excluding carboxylic acids is 2. The summed E-state index contributed by atoms with van der Waals surface area (Å²) >= 11 is 0. The molecule has 3 amide bonds. The summed E-state index contributed by atoms with van der Waals surface area (Å²) in [5, 5.41) is 2.91. The van der Waals surface area contributed by atoms with Gasteiger partial charge in [-0.25, -0.2) is 18.6 Å². The summed E-state index contributed by atoms with van der Waals surface area (Å²) in [5.41, 5.74) is 5.24. The maximum atomic E-state index is 12.6. The third-order valence-corrected chi connectivity index (χ3v) is 6.83. The van der Waals surface area contributed by atoms with Crippen LogP contribution in [-0.4, -0.2) is 45.4 Å². The van der Waals surface area contributed by atoms with Crippen LogP contribution in [0.4, 0.5) is 4.79 Å². The molecule has 0 aliphatic carbocycles. The van der Waals surface area contributed by atoms with Gasteiger partial charge >= 0.3 is 6.03 Å². The molecule has 1 unspecified atom stereocenters. The highest BCUT2D eigenvalue weighted by Crippen LogP contribution is 2.43. The summed E-state index contributed by atoms with van der Waals surface area (Å²) < 4.78 is 35.2. The van der Waals surface area contributed by atoms with E-state index in [-0.39, 0.29) is 16.5 Å². The van der Waals surface area contributed by atoms with Gasteiger partial charge in [-0.3, -0.25) is 10.2 Å². The van der Waals surface area contributed by atoms with E-state index >= 15 is 0 Å². The van der Waals surface area contributed by atoms with E-state index in [1.165, 1.54) is 24.3 Å². The number of amides is 3. The predicted molar refractivity (Wildman–Crippen MR) is 116 cm³/mol. The smallest absolute Gasteiger partial charge is 0.333 e. The zero-order chi connectivity index (χ0) is 22.8. The van der Waals surface area contributed by atoms with Crippen molar-refractivity contribution >= 4 is 21.8 Å². The molecule has 3 N–H and O–H groups in total. The van der Waals surface area contributed by atoms with Gasteiger partial charge in [0.15, 0.2) is 9.84 Å². The van der Waals surface area contributed by atoms with Crippen LogP contribution in [0.2, 0.25) is 0 Å². The van der Waals surface area contributed by atoms with E-state index in [1.54, 1.807) is 0 Å². The van der Waals surface area contributed by atoms with Crippen molar-refractivity contribution in [1.29, 1.82) is 0 Å². The van der Waals surface area contributed by atoms with E-state index in [4.69, 9.17) is 9.47 Å². The maximum absolute atomic E-state index is 12.6. The van der Waals surface area contributed by atoms with Crippen molar-refractivity contribution in [2.75, 3.05) is 19.5 Å². The Morgan fingerprint density at radius 2 is 1.78 bits per heavy atom. The summed E-state index contributed by atoms with van der Waals surface area (Å²) in [5.74, 6) is 0.103. The summed E-state index contributed by atoms with van der Waals surface area (Å²) in [6.45, 7) is 1.20. The summed E-state index contributed by atoms with van der Waals surface area (Å²) in [4.78, 5) is 25.0. The Balaban J connectivity index is 1.42. The molecule has 1 atom stereocenters. The third-order valence-electron chi connectivity index (χ3n) is 5.72. The predicted octanol–water partition coefficient (Wildman–Crippen LogP) is 2.11. The topological polar surface area (TPSA) is 123 Å². The number of sulfone groups is 1. The van der Waals surface area contributed by atoms with Crippen LogP contribution in [0.3, 0.4) is 0 Å². The van der Waals surface area contributed by atoms with Crippen LogP contribution in [0.25, 0.3) is 0 Å². The fraction of sp³-hybridized carbons (Fsp3) is 0.364. The van der Waals surface area contributed by atoms with Crippen LogP contribution in [0.5, 0.6) is 5.75 Å². The number of rotatable bonds is 3. The maximum Gasteiger partial charge on any atom is 0.333 e. The minimum Gasteiger partial charge on any atom is -0.487 e. The van der Waals surface area contributed by atoms with E-state index in [1.807, 2.05) is 24.3 Å². The molecule has 170 valence electrons. The monoisotopic (exact) mass is 459 g/mol. The van der Waals surface area contributed by atoms with Crippen LogP contribution >= 0.6 is 0 Å². The third kappa shape index (κ3) is 4.86. The Bertz CT molecular complexity index is 1130. The van der Waals surface area contributed by atoms with E-state index in [2.05, 4.69) is 16.2 Å². The Hall–Kier alpha value is -3.11. The van der Waals surface area contributed by atoms with Gasteiger partial charge in [-0.2, -0.15) is 0 Å². The van der Waals surface area contributed by atoms with Gasteiger partial charge in [0.05, 0.1) is 24.2 Å². The zero-order valence-corrected chi connectivity index (χ0v) is 18.4. The Kier molecular flexibility index (Phi) is 6.07. The molecule has 0 radical (unpaired) electrons. The second-order valence-corrected chi connectivity index (χ2v) is 10.1. The van der Waals surface area contributed by atoms with Crippen LogP contribution in [0, 0.1) is 0 Å². The highest BCUT2D eigenvalue weighted by atomic mass is 32.2. The second-order valence-electron chi connectivity index (χ2n) is 8.04. The molecule has 32 heavy (non-hydrogen) atoms. The van der Waals surface area contributed by atoms with Gasteiger partial charge in [-0.15, -0.1) is 0 Å². The highest BCUT2D eigenvalue weighted by molar-refractivity contribution is 7.90. The molecule has 9 nitrogen and oxygen atoms in total. The molecule has 1 spiro atoms. The van der Waals surface area contributed by atoms with E-state index < -0.39 is 27.4 Å². The first-order valence-electron chi connectivity index (χ1n) is 10.3. The van der Waals surface area contributed by atoms with E-state index in [9.17, 15) is 18.0 Å². The summed E-state index contributed by atoms with van der Waals surface area (Å²) in [7, 11) is -3.45. The lowest BCUT2D eigenvalue weighted by molar-refractivity contribution is -0.0637. The lowest BCUT2D eigenvalue weighted by Gasteiger charge is -2.44. The number of para-hydroxylation sites is 1. The van der Waals surface area contributed by atoms with Crippen molar-refractivity contribution in [2.24, 2.45) is 0 Å². The fourth-order valence-electron chi connectivity index (χ4n) is 4.04. The number of hydrogen-bond donors (Lipinski definition) is 3. The van der Waals surface area contributed by atoms with Crippen molar-refractivity contribution in [2.45, 2.75) is 35.8 Å². The number of hydrogen-bond acceptors (Lipinski definition) is 6. The normalized spacial score (nSPS) is 19.3. The molecule has 4 rings (SSSR count). The summed E-state index contributed by atoms with van der Waals surface area (Å²) in [6.07, 6.45) is 3.11. The zero-order valence-electron chi connectivity index (χ0n) is 17.6. The van der Waals surface area contributed by atoms with Gasteiger partial charge in [-0.1, -0.05) is 24.3 Å². The average molecular weight is 460 g/mol. The van der Waals surface area contributed by atoms with Crippen LogP contribution in [-0.2, 0) is 14.6 Å². The van der Waals surface area contributed by atoms with Crippen molar-refractivity contribution in [1.82, 2.24) is 16.2 Å². The van der Waals surface area contributed by atoms with E-state index in [0.29, 0.717) is 19.6 Å². The first kappa shape index (κ1) is 22.1. The quantitative estimate of drug-likeness (QED) is 0.604. The molecular formula is C22H25N3O6S. The van der Waals surface area contributed by atoms with Crippen LogP contribution in [0.1, 0.15) is 41.2 Å². The molecule has 10 heteroatoms. The van der Waals surface area contributed by atoms with E-state index in [0.717, 1.165) is 30.4 Å². The molecule has 1 saturated heterocycles. The van der Waals surface area contributed by atoms with Crippen LogP contribution < -0.4 is 20.9 Å².